The summed E-state index contributed by atoms with van der Waals surface area (Å²) in [4.78, 5) is 7.13. The topological polar surface area (TPSA) is 9.72 Å². The Kier molecular flexibility index (Phi) is 19.6. The Balaban J connectivity index is 0.000000110. The highest BCUT2D eigenvalue weighted by Gasteiger charge is 2.53. The summed E-state index contributed by atoms with van der Waals surface area (Å²) in [5.74, 6) is 0. The molecular weight excluding hydrogens is 1590 g/mol. The van der Waals surface area contributed by atoms with E-state index in [9.17, 15) is 0 Å². The van der Waals surface area contributed by atoms with Crippen molar-refractivity contribution < 1.29 is 0 Å². The summed E-state index contributed by atoms with van der Waals surface area (Å²) in [5, 5.41) is 7.69. The maximum Gasteiger partial charge on any atom is 0.0725 e. The van der Waals surface area contributed by atoms with Gasteiger partial charge in [-0.15, -0.1) is 0 Å². The zero-order valence-electron chi connectivity index (χ0n) is 72.7. The lowest BCUT2D eigenvalue weighted by Gasteiger charge is -2.34. The van der Waals surface area contributed by atoms with Crippen LogP contribution in [0.2, 0.25) is 0 Å². The number of para-hydroxylation sites is 4. The fourth-order valence-corrected chi connectivity index (χ4v) is 22.5. The van der Waals surface area contributed by atoms with E-state index in [4.69, 9.17) is 0 Å². The molecule has 0 unspecified atom stereocenters. The van der Waals surface area contributed by atoms with Gasteiger partial charge < -0.3 is 14.7 Å². The fraction of sp³-hybridized carbons (Fsp3) is 0.0233. The molecule has 0 saturated carbocycles. The summed E-state index contributed by atoms with van der Waals surface area (Å²) < 4.78 is 0. The molecule has 0 heterocycles. The molecule has 0 atom stereocenters. The monoisotopic (exact) mass is 1680 g/mol. The zero-order chi connectivity index (χ0) is 87.5. The van der Waals surface area contributed by atoms with Crippen molar-refractivity contribution in [3.63, 3.8) is 0 Å². The lowest BCUT2D eigenvalue weighted by atomic mass is 9.68. The van der Waals surface area contributed by atoms with E-state index < -0.39 is 5.41 Å². The number of anilines is 9. The minimum atomic E-state index is -0.401. The van der Waals surface area contributed by atoms with E-state index in [1.807, 2.05) is 0 Å². The van der Waals surface area contributed by atoms with E-state index in [1.165, 1.54) is 155 Å². The zero-order valence-corrected chi connectivity index (χ0v) is 72.7. The van der Waals surface area contributed by atoms with Gasteiger partial charge in [0.1, 0.15) is 0 Å². The summed E-state index contributed by atoms with van der Waals surface area (Å²) in [6.07, 6.45) is 0. The van der Waals surface area contributed by atoms with E-state index in [0.29, 0.717) is 0 Å². The van der Waals surface area contributed by atoms with Crippen molar-refractivity contribution in [2.45, 2.75) is 16.2 Å². The standard InChI is InChI=1S/C49H31N.C43H31N.C37H27N/c1-2-14-32(15-3-1)50(33-26-28-39-37-18-5-4-16-35(37)36-17-6-7-19-38(36)43(39)30-33)34-27-29-48-44(31-34)42-22-10-13-25-47(42)49(48)45-23-11-8-20-40(45)41-21-9-12-24-46(41)49;1-5-15-32(16-6-1)33-25-27-37(28-26-33)44(36-21-11-4-12-22-36)38-29-30-42-40(31-38)39-23-13-14-24-41(39)43(42,34-17-7-2-8-18-34)35-19-9-3-10-20-35;1-5-15-28(16-6-1)37(29-17-7-2-8-18-29)35-24-14-13-23-33(35)34-27-32(25-26-36(34)37)38(30-19-9-3-10-20-30)31-21-11-4-12-22-31/h1-31H;1-31H;1-27H. The molecule has 0 N–H and O–H groups in total. The molecule has 4 aliphatic carbocycles. The van der Waals surface area contributed by atoms with Crippen LogP contribution in [0.4, 0.5) is 51.2 Å². The van der Waals surface area contributed by atoms with Gasteiger partial charge in [-0.1, -0.05) is 431 Å². The van der Waals surface area contributed by atoms with Gasteiger partial charge in [0.15, 0.2) is 0 Å². The molecule has 22 aromatic rings. The van der Waals surface area contributed by atoms with Crippen molar-refractivity contribution in [1.82, 2.24) is 0 Å². The van der Waals surface area contributed by atoms with Gasteiger partial charge in [-0.3, -0.25) is 0 Å². The van der Waals surface area contributed by atoms with Crippen molar-refractivity contribution in [3.05, 3.63) is 607 Å². The van der Waals surface area contributed by atoms with E-state index in [-0.39, 0.29) is 10.8 Å². The second kappa shape index (κ2) is 33.0. The van der Waals surface area contributed by atoms with Crippen molar-refractivity contribution in [2.75, 3.05) is 14.7 Å². The Morgan fingerprint density at radius 2 is 0.311 bits per heavy atom. The van der Waals surface area contributed by atoms with Crippen LogP contribution in [0, 0.1) is 0 Å². The van der Waals surface area contributed by atoms with Gasteiger partial charge >= 0.3 is 0 Å². The summed E-state index contributed by atoms with van der Waals surface area (Å²) in [6, 6.07) is 197. The van der Waals surface area contributed by atoms with E-state index in [0.717, 1.165) is 51.2 Å². The first-order valence-corrected chi connectivity index (χ1v) is 45.8. The Bertz CT molecular complexity index is 7850. The number of hydrogen-bond donors (Lipinski definition) is 0. The SMILES string of the molecule is c1ccc(-c2ccc(N(c3ccccc3)c3ccc4c(c3)-c3ccccc3C4(c3ccccc3)c3ccccc3)cc2)cc1.c1ccc(N(c2ccc3c(c2)-c2ccccc2C32c3ccccc3-c3ccccc32)c2ccc3c4ccccc4c4ccccc4c3c2)cc1.c1ccc(N(c2ccccc2)c2ccc3c(c2)-c2ccccc2C3(c2ccccc2)c2ccccc2)cc1. The molecule has 0 aromatic heterocycles. The van der Waals surface area contributed by atoms with Crippen LogP contribution in [0.5, 0.6) is 0 Å². The predicted molar refractivity (Wildman–Crippen MR) is 552 cm³/mol. The minimum absolute atomic E-state index is 0.349. The highest BCUT2D eigenvalue weighted by atomic mass is 15.2. The average molecular weight is 1680 g/mol. The Labute approximate surface area is 771 Å². The Morgan fingerprint density at radius 3 is 0.636 bits per heavy atom. The van der Waals surface area contributed by atoms with Gasteiger partial charge in [-0.05, 0) is 264 Å². The van der Waals surface area contributed by atoms with Crippen LogP contribution in [0.15, 0.2) is 540 Å². The summed E-state index contributed by atoms with van der Waals surface area (Å²) >= 11 is 0. The first-order chi connectivity index (χ1) is 65.5. The minimum Gasteiger partial charge on any atom is -0.310 e. The van der Waals surface area contributed by atoms with Crippen LogP contribution in [-0.4, -0.2) is 0 Å². The molecule has 0 fully saturated rings. The van der Waals surface area contributed by atoms with Crippen LogP contribution in [0.3, 0.4) is 0 Å². The van der Waals surface area contributed by atoms with E-state index >= 15 is 0 Å². The second-order valence-corrected chi connectivity index (χ2v) is 34.7. The Hall–Kier alpha value is -17.0. The van der Waals surface area contributed by atoms with Crippen LogP contribution in [-0.2, 0) is 16.2 Å². The lowest BCUT2D eigenvalue weighted by molar-refractivity contribution is 0.768. The molecule has 0 aliphatic heterocycles. The number of nitrogens with zero attached hydrogens (tertiary/aromatic N) is 3. The maximum atomic E-state index is 2.43. The highest BCUT2D eigenvalue weighted by molar-refractivity contribution is 6.26. The quantitative estimate of drug-likeness (QED) is 0.100. The largest absolute Gasteiger partial charge is 0.310 e. The van der Waals surface area contributed by atoms with Crippen LogP contribution >= 0.6 is 0 Å². The molecule has 0 amide bonds. The van der Waals surface area contributed by atoms with Crippen LogP contribution in [0.1, 0.15) is 66.8 Å². The molecule has 0 saturated heterocycles. The number of fused-ring (bicyclic) bond motifs is 22. The normalized spacial score (nSPS) is 13.0. The fourth-order valence-electron chi connectivity index (χ4n) is 22.5. The second-order valence-electron chi connectivity index (χ2n) is 34.7. The summed E-state index contributed by atoms with van der Waals surface area (Å²) in [5.41, 5.74) is 37.8. The highest BCUT2D eigenvalue weighted by Crippen LogP contribution is 2.65. The molecule has 3 nitrogen and oxygen atoms in total. The van der Waals surface area contributed by atoms with Gasteiger partial charge in [0.25, 0.3) is 0 Å². The molecule has 0 radical (unpaired) electrons. The van der Waals surface area contributed by atoms with Crippen LogP contribution in [0.25, 0.3) is 88.0 Å². The van der Waals surface area contributed by atoms with Gasteiger partial charge in [0.05, 0.1) is 16.2 Å². The van der Waals surface area contributed by atoms with Gasteiger partial charge in [0.2, 0.25) is 0 Å². The molecule has 26 rings (SSSR count). The third-order valence-electron chi connectivity index (χ3n) is 27.9. The third kappa shape index (κ3) is 12.7. The molecule has 4 aliphatic rings. The first kappa shape index (κ1) is 78.5. The molecule has 620 valence electrons. The van der Waals surface area contributed by atoms with Crippen LogP contribution < -0.4 is 14.7 Å². The van der Waals surface area contributed by atoms with Gasteiger partial charge in [-0.2, -0.15) is 0 Å². The third-order valence-corrected chi connectivity index (χ3v) is 27.9. The molecule has 0 bridgehead atoms. The van der Waals surface area contributed by atoms with E-state index in [2.05, 4.69) is 555 Å². The summed E-state index contributed by atoms with van der Waals surface area (Å²) in [7, 11) is 0. The maximum absolute atomic E-state index is 2.43. The molecular formula is C129H89N3. The smallest absolute Gasteiger partial charge is 0.0725 e. The van der Waals surface area contributed by atoms with Gasteiger partial charge in [0, 0.05) is 51.2 Å². The lowest BCUT2D eigenvalue weighted by Crippen LogP contribution is -2.28. The van der Waals surface area contributed by atoms with Crippen molar-refractivity contribution in [3.8, 4) is 55.6 Å². The molecule has 22 aromatic carbocycles. The first-order valence-electron chi connectivity index (χ1n) is 45.8. The number of rotatable bonds is 14. The number of hydrogen-bond acceptors (Lipinski definition) is 3. The van der Waals surface area contributed by atoms with Crippen molar-refractivity contribution in [1.29, 1.82) is 0 Å². The molecule has 3 heteroatoms. The molecule has 1 spiro atoms. The average Bonchev–Trinajstić information content (AvgIpc) is 1.51. The van der Waals surface area contributed by atoms with Crippen molar-refractivity contribution >= 4 is 83.5 Å². The summed E-state index contributed by atoms with van der Waals surface area (Å²) in [6.45, 7) is 0. The Morgan fingerprint density at radius 1 is 0.114 bits per heavy atom. The van der Waals surface area contributed by atoms with Crippen molar-refractivity contribution in [2.24, 2.45) is 0 Å². The van der Waals surface area contributed by atoms with E-state index in [1.54, 1.807) is 0 Å². The molecule has 132 heavy (non-hydrogen) atoms. The number of benzene rings is 22. The van der Waals surface area contributed by atoms with Gasteiger partial charge in [-0.25, -0.2) is 0 Å². The predicted octanol–water partition coefficient (Wildman–Crippen LogP) is 33.7.